The van der Waals surface area contributed by atoms with Crippen LogP contribution in [0.25, 0.3) is 65.7 Å². The molecule has 0 saturated heterocycles. The van der Waals surface area contributed by atoms with Gasteiger partial charge in [0.2, 0.25) is 0 Å². The quantitative estimate of drug-likeness (QED) is 0.152. The van der Waals surface area contributed by atoms with E-state index in [0.29, 0.717) is 0 Å². The highest BCUT2D eigenvalue weighted by Crippen LogP contribution is 2.47. The maximum atomic E-state index is 6.88. The molecule has 1 aromatic heterocycles. The fourth-order valence-corrected chi connectivity index (χ4v) is 10.2. The van der Waals surface area contributed by atoms with Crippen LogP contribution in [0.3, 0.4) is 0 Å². The second-order valence-electron chi connectivity index (χ2n) is 20.8. The maximum absolute atomic E-state index is 6.88. The minimum Gasteiger partial charge on any atom is -0.456 e. The van der Waals surface area contributed by atoms with Gasteiger partial charge < -0.3 is 14.2 Å². The normalized spacial score (nSPS) is 12.1. The van der Waals surface area contributed by atoms with Crippen molar-refractivity contribution < 1.29 is 4.42 Å². The molecule has 0 spiro atoms. The van der Waals surface area contributed by atoms with E-state index >= 15 is 0 Å². The number of fused-ring (bicyclic) bond motifs is 5. The van der Waals surface area contributed by atoms with Crippen LogP contribution in [0.1, 0.15) is 63.8 Å². The van der Waals surface area contributed by atoms with E-state index in [2.05, 4.69) is 271 Å². The Labute approximate surface area is 406 Å². The van der Waals surface area contributed by atoms with E-state index in [-0.39, 0.29) is 10.8 Å². The van der Waals surface area contributed by atoms with Crippen LogP contribution in [0.5, 0.6) is 0 Å². The van der Waals surface area contributed by atoms with E-state index in [4.69, 9.17) is 4.42 Å². The summed E-state index contributed by atoms with van der Waals surface area (Å²) < 4.78 is 6.88. The first-order valence-electron chi connectivity index (χ1n) is 24.2. The van der Waals surface area contributed by atoms with Gasteiger partial charge in [-0.25, -0.2) is 0 Å². The second kappa shape index (κ2) is 17.0. The molecular weight excluding hydrogens is 837 g/mol. The van der Waals surface area contributed by atoms with Gasteiger partial charge >= 0.3 is 0 Å². The SMILES string of the molecule is Cc1cccc(-c2ccccc2)c1N(c1cccc(C(C)(C)C)c1)c1ccc2cc3c(cc2c1)oc1cc2cc(N(c4cccc(C(C)(C)C)c4)c4c(C)cccc4-c4ccccc4)ccc2cc13. The van der Waals surface area contributed by atoms with Crippen molar-refractivity contribution in [2.45, 2.75) is 66.2 Å². The summed E-state index contributed by atoms with van der Waals surface area (Å²) in [4.78, 5) is 4.89. The third-order valence-electron chi connectivity index (χ3n) is 13.9. The Morgan fingerprint density at radius 1 is 0.333 bits per heavy atom. The van der Waals surface area contributed by atoms with E-state index in [1.807, 2.05) is 0 Å². The summed E-state index contributed by atoms with van der Waals surface area (Å²) in [6.07, 6.45) is 0. The number of nitrogens with zero attached hydrogens (tertiary/aromatic N) is 2. The molecule has 0 bridgehead atoms. The van der Waals surface area contributed by atoms with Crippen molar-refractivity contribution in [2.24, 2.45) is 0 Å². The number of furan rings is 1. The average molecular weight is 895 g/mol. The lowest BCUT2D eigenvalue weighted by atomic mass is 9.86. The molecule has 3 nitrogen and oxygen atoms in total. The molecule has 1 heterocycles. The third kappa shape index (κ3) is 8.12. The van der Waals surface area contributed by atoms with Crippen LogP contribution in [-0.4, -0.2) is 0 Å². The number of rotatable bonds is 8. The molecule has 11 rings (SSSR count). The van der Waals surface area contributed by atoms with Crippen LogP contribution in [-0.2, 0) is 10.8 Å². The molecule has 0 aliphatic carbocycles. The lowest BCUT2D eigenvalue weighted by Crippen LogP contribution is -2.15. The van der Waals surface area contributed by atoms with Crippen molar-refractivity contribution in [3.63, 3.8) is 0 Å². The van der Waals surface area contributed by atoms with E-state index in [1.54, 1.807) is 0 Å². The molecule has 3 heteroatoms. The molecule has 0 aliphatic heterocycles. The number of aryl methyl sites for hydroxylation is 2. The molecule has 0 aliphatic rings. The van der Waals surface area contributed by atoms with Gasteiger partial charge in [-0.2, -0.15) is 0 Å². The second-order valence-corrected chi connectivity index (χ2v) is 20.8. The smallest absolute Gasteiger partial charge is 0.136 e. The topological polar surface area (TPSA) is 19.6 Å². The number of hydrogen-bond donors (Lipinski definition) is 0. The first-order chi connectivity index (χ1) is 33.3. The number of para-hydroxylation sites is 2. The Hall–Kier alpha value is -7.88. The van der Waals surface area contributed by atoms with Gasteiger partial charge in [-0.3, -0.25) is 0 Å². The highest BCUT2D eigenvalue weighted by Gasteiger charge is 2.25. The zero-order valence-electron chi connectivity index (χ0n) is 40.9. The molecule has 338 valence electrons. The molecule has 0 unspecified atom stereocenters. The lowest BCUT2D eigenvalue weighted by Gasteiger charge is -2.31. The van der Waals surface area contributed by atoms with Crippen molar-refractivity contribution in [1.29, 1.82) is 0 Å². The van der Waals surface area contributed by atoms with Crippen molar-refractivity contribution in [2.75, 3.05) is 9.80 Å². The van der Waals surface area contributed by atoms with Gasteiger partial charge in [-0.1, -0.05) is 175 Å². The Morgan fingerprint density at radius 2 is 0.725 bits per heavy atom. The van der Waals surface area contributed by atoms with Gasteiger partial charge in [0.05, 0.1) is 11.4 Å². The van der Waals surface area contributed by atoms with Gasteiger partial charge in [0.15, 0.2) is 0 Å². The summed E-state index contributed by atoms with van der Waals surface area (Å²) in [7, 11) is 0. The highest BCUT2D eigenvalue weighted by atomic mass is 16.3. The first-order valence-corrected chi connectivity index (χ1v) is 24.2. The predicted molar refractivity (Wildman–Crippen MR) is 296 cm³/mol. The van der Waals surface area contributed by atoms with Crippen molar-refractivity contribution in [3.8, 4) is 22.3 Å². The molecule has 0 saturated carbocycles. The van der Waals surface area contributed by atoms with Gasteiger partial charge in [-0.15, -0.1) is 0 Å². The monoisotopic (exact) mass is 894 g/mol. The molecule has 0 amide bonds. The Morgan fingerprint density at radius 3 is 1.13 bits per heavy atom. The summed E-state index contributed by atoms with van der Waals surface area (Å²) in [6.45, 7) is 18.1. The standard InChI is InChI=1S/C66H58N2O/c1-43-19-15-29-57(45-21-11-9-12-22-45)63(43)67(53-27-17-25-51(41-53)65(3,4)5)55-33-31-47-37-59-60-38-48-32-34-56(36-50(48)40-62(60)69-61(59)39-49(47)35-55)68(54-28-18-26-52(42-54)66(6,7)8)64-44(2)20-16-30-58(64)46-23-13-10-14-24-46/h9-42H,1-8H3. The Bertz CT molecular complexity index is 3470. The molecule has 0 fully saturated rings. The lowest BCUT2D eigenvalue weighted by molar-refractivity contribution is 0.590. The van der Waals surface area contributed by atoms with Crippen LogP contribution >= 0.6 is 0 Å². The maximum Gasteiger partial charge on any atom is 0.136 e. The van der Waals surface area contributed by atoms with Gasteiger partial charge in [0.1, 0.15) is 11.2 Å². The van der Waals surface area contributed by atoms with E-state index in [0.717, 1.165) is 55.5 Å². The molecule has 11 aromatic rings. The highest BCUT2D eigenvalue weighted by molar-refractivity contribution is 6.14. The minimum absolute atomic E-state index is 0.0113. The van der Waals surface area contributed by atoms with E-state index < -0.39 is 0 Å². The van der Waals surface area contributed by atoms with Crippen LogP contribution in [0, 0.1) is 13.8 Å². The molecule has 0 radical (unpaired) electrons. The zero-order chi connectivity index (χ0) is 47.6. The van der Waals surface area contributed by atoms with E-state index in [1.165, 1.54) is 66.7 Å². The van der Waals surface area contributed by atoms with Gasteiger partial charge in [0, 0.05) is 44.6 Å². The fourth-order valence-electron chi connectivity index (χ4n) is 10.2. The van der Waals surface area contributed by atoms with Crippen LogP contribution in [0.2, 0.25) is 0 Å². The summed E-state index contributed by atoms with van der Waals surface area (Å²) in [6, 6.07) is 75.7. The van der Waals surface area contributed by atoms with Crippen molar-refractivity contribution in [1.82, 2.24) is 0 Å². The molecule has 0 atom stereocenters. The first kappa shape index (κ1) is 43.7. The number of hydrogen-bond acceptors (Lipinski definition) is 3. The average Bonchev–Trinajstić information content (AvgIpc) is 3.69. The minimum atomic E-state index is -0.0113. The van der Waals surface area contributed by atoms with Gasteiger partial charge in [-0.05, 0) is 152 Å². The fraction of sp³-hybridized carbons (Fsp3) is 0.152. The van der Waals surface area contributed by atoms with Crippen LogP contribution in [0.4, 0.5) is 34.1 Å². The molecular formula is C66H58N2O. The molecule has 0 N–H and O–H groups in total. The summed E-state index contributed by atoms with van der Waals surface area (Å²) in [5.74, 6) is 0. The van der Waals surface area contributed by atoms with Crippen molar-refractivity contribution >= 4 is 77.6 Å². The number of anilines is 6. The predicted octanol–water partition coefficient (Wildman–Crippen LogP) is 19.4. The summed E-state index contributed by atoms with van der Waals surface area (Å²) in [5.41, 5.74) is 18.3. The zero-order valence-corrected chi connectivity index (χ0v) is 40.9. The van der Waals surface area contributed by atoms with Crippen molar-refractivity contribution in [3.05, 3.63) is 229 Å². The Balaban J connectivity index is 1.06. The van der Waals surface area contributed by atoms with Gasteiger partial charge in [0.25, 0.3) is 0 Å². The Kier molecular flexibility index (Phi) is 10.8. The van der Waals surface area contributed by atoms with Crippen LogP contribution < -0.4 is 9.80 Å². The summed E-state index contributed by atoms with van der Waals surface area (Å²) in [5, 5.41) is 6.81. The molecule has 10 aromatic carbocycles. The third-order valence-corrected chi connectivity index (χ3v) is 13.9. The van der Waals surface area contributed by atoms with E-state index in [9.17, 15) is 0 Å². The summed E-state index contributed by atoms with van der Waals surface area (Å²) >= 11 is 0. The largest absolute Gasteiger partial charge is 0.456 e. The molecule has 69 heavy (non-hydrogen) atoms. The number of benzene rings is 10. The van der Waals surface area contributed by atoms with Crippen LogP contribution in [0.15, 0.2) is 211 Å².